The van der Waals surface area contributed by atoms with Crippen molar-refractivity contribution in [2.75, 3.05) is 5.32 Å². The van der Waals surface area contributed by atoms with E-state index in [2.05, 4.69) is 93.1 Å². The van der Waals surface area contributed by atoms with Crippen LogP contribution in [0.2, 0.25) is 0 Å². The predicted molar refractivity (Wildman–Crippen MR) is 155 cm³/mol. The van der Waals surface area contributed by atoms with Crippen LogP contribution in [0.1, 0.15) is 62.5 Å². The Bertz CT molecular complexity index is 1070. The van der Waals surface area contributed by atoms with E-state index in [0.29, 0.717) is 19.3 Å². The molecule has 0 aliphatic heterocycles. The molecule has 0 bridgehead atoms. The topological polar surface area (TPSA) is 78.4 Å². The number of carbonyl (C=O) groups excluding carboxylic acids is 2. The minimum absolute atomic E-state index is 0.0122. The number of anilines is 1. The van der Waals surface area contributed by atoms with Gasteiger partial charge in [-0.1, -0.05) is 60.9 Å². The molecule has 5 heteroatoms. The van der Waals surface area contributed by atoms with Crippen LogP contribution >= 0.6 is 0 Å². The van der Waals surface area contributed by atoms with Crippen molar-refractivity contribution in [1.29, 1.82) is 0 Å². The predicted octanol–water partition coefficient (Wildman–Crippen LogP) is 6.86. The Morgan fingerprint density at radius 2 is 1.23 bits per heavy atom. The number of rotatable bonds is 14. The fourth-order valence-electron chi connectivity index (χ4n) is 4.88. The molecule has 2 saturated carbocycles. The molecular formula is C34H36N2O3. The number of amides is 2. The van der Waals surface area contributed by atoms with Crippen LogP contribution in [0.25, 0.3) is 5.57 Å². The molecule has 5 nitrogen and oxygen atoms in total. The quantitative estimate of drug-likeness (QED) is 0.145. The maximum Gasteiger partial charge on any atom is 0.243 e. The second kappa shape index (κ2) is 15.6. The van der Waals surface area contributed by atoms with Gasteiger partial charge >= 0.3 is 0 Å². The Morgan fingerprint density at radius 3 is 1.87 bits per heavy atom. The molecule has 39 heavy (non-hydrogen) atoms. The van der Waals surface area contributed by atoms with Gasteiger partial charge in [-0.05, 0) is 112 Å². The average Bonchev–Trinajstić information content (AvgIpc) is 3.69. The van der Waals surface area contributed by atoms with Crippen LogP contribution < -0.4 is 10.8 Å². The third kappa shape index (κ3) is 9.06. The van der Waals surface area contributed by atoms with Gasteiger partial charge in [0.2, 0.25) is 11.8 Å². The lowest BCUT2D eigenvalue weighted by Gasteiger charge is -2.22. The van der Waals surface area contributed by atoms with Crippen LogP contribution in [0.5, 0.6) is 0 Å². The lowest BCUT2D eigenvalue weighted by molar-refractivity contribution is -0.129. The van der Waals surface area contributed by atoms with E-state index in [9.17, 15) is 9.59 Å². The molecule has 0 spiro atoms. The molecular weight excluding hydrogens is 484 g/mol. The van der Waals surface area contributed by atoms with Crippen molar-refractivity contribution in [2.45, 2.75) is 51.4 Å². The van der Waals surface area contributed by atoms with Gasteiger partial charge in [0.1, 0.15) is 0 Å². The van der Waals surface area contributed by atoms with E-state index in [1.54, 1.807) is 5.48 Å². The third-order valence-corrected chi connectivity index (χ3v) is 6.91. The van der Waals surface area contributed by atoms with E-state index in [4.69, 9.17) is 5.21 Å². The number of hydroxylamine groups is 1. The highest BCUT2D eigenvalue weighted by Crippen LogP contribution is 2.42. The summed E-state index contributed by atoms with van der Waals surface area (Å²) in [6.07, 6.45) is 22.9. The summed E-state index contributed by atoms with van der Waals surface area (Å²) in [4.78, 5) is 23.5. The summed E-state index contributed by atoms with van der Waals surface area (Å²) in [6.45, 7) is 0. The highest BCUT2D eigenvalue weighted by molar-refractivity contribution is 5.91. The molecule has 2 aliphatic carbocycles. The number of unbranched alkanes of at least 4 members (excludes halogenated alkanes) is 3. The van der Waals surface area contributed by atoms with Gasteiger partial charge in [-0.2, -0.15) is 0 Å². The first kappa shape index (κ1) is 29.1. The smallest absolute Gasteiger partial charge is 0.243 e. The van der Waals surface area contributed by atoms with Gasteiger partial charge in [0, 0.05) is 24.4 Å². The van der Waals surface area contributed by atoms with E-state index in [-0.39, 0.29) is 11.8 Å². The SMILES string of the molecule is O=C(CCCCCCC(=O)Nc1ccc(/C(=C(/CC[C]2[CH][CH][CH][CH]2)[C]2[CH][CH][CH][CH]2)c2ccccc2)cc1)NO. The number of allylic oxidation sites excluding steroid dienone is 1. The molecule has 0 atom stereocenters. The number of hydrogen-bond donors (Lipinski definition) is 3. The summed E-state index contributed by atoms with van der Waals surface area (Å²) in [5, 5.41) is 11.5. The molecule has 3 N–H and O–H groups in total. The Labute approximate surface area is 234 Å². The maximum absolute atomic E-state index is 12.5. The molecule has 10 radical (unpaired) electrons. The summed E-state index contributed by atoms with van der Waals surface area (Å²) in [7, 11) is 0. The molecule has 0 heterocycles. The standard InChI is InChI=1S/C34H36N2O3/c37-32(18-6-1-2-7-19-33(38)36-39)35-30-23-21-29(22-24-30)34(28-16-4-3-5-17-28)31(27-14-10-11-15-27)25-20-26-12-8-9-13-26/h3-5,8-17,21-24,39H,1-2,6-7,18-20,25H2,(H,35,37)(H,36,38)/b34-31-. The third-order valence-electron chi connectivity index (χ3n) is 6.91. The van der Waals surface area contributed by atoms with Crippen molar-refractivity contribution in [3.8, 4) is 0 Å². The Morgan fingerprint density at radius 1 is 0.641 bits per heavy atom. The molecule has 0 saturated heterocycles. The van der Waals surface area contributed by atoms with Crippen LogP contribution in [-0.2, 0) is 9.59 Å². The fourth-order valence-corrected chi connectivity index (χ4v) is 4.88. The van der Waals surface area contributed by atoms with Crippen molar-refractivity contribution in [3.05, 3.63) is 134 Å². The van der Waals surface area contributed by atoms with Crippen molar-refractivity contribution in [2.24, 2.45) is 0 Å². The van der Waals surface area contributed by atoms with E-state index in [1.807, 2.05) is 18.2 Å². The molecule has 2 aromatic rings. The summed E-state index contributed by atoms with van der Waals surface area (Å²) in [6, 6.07) is 18.6. The minimum atomic E-state index is -0.370. The lowest BCUT2D eigenvalue weighted by atomic mass is 9.82. The number of carbonyl (C=O) groups is 2. The zero-order chi connectivity index (χ0) is 27.3. The minimum Gasteiger partial charge on any atom is -0.326 e. The average molecular weight is 521 g/mol. The van der Waals surface area contributed by atoms with E-state index in [1.165, 1.54) is 28.5 Å². The first-order chi connectivity index (χ1) is 19.1. The van der Waals surface area contributed by atoms with Crippen molar-refractivity contribution in [1.82, 2.24) is 5.48 Å². The molecule has 2 fully saturated rings. The van der Waals surface area contributed by atoms with E-state index >= 15 is 0 Å². The van der Waals surface area contributed by atoms with Crippen LogP contribution in [0.3, 0.4) is 0 Å². The van der Waals surface area contributed by atoms with Gasteiger partial charge in [-0.15, -0.1) is 0 Å². The highest BCUT2D eigenvalue weighted by atomic mass is 16.5. The van der Waals surface area contributed by atoms with Crippen molar-refractivity contribution < 1.29 is 14.8 Å². The molecule has 0 unspecified atom stereocenters. The first-order valence-corrected chi connectivity index (χ1v) is 13.7. The van der Waals surface area contributed by atoms with Gasteiger partial charge in [0.15, 0.2) is 0 Å². The van der Waals surface area contributed by atoms with Crippen LogP contribution in [0, 0.1) is 63.2 Å². The second-order valence-corrected chi connectivity index (χ2v) is 9.76. The summed E-state index contributed by atoms with van der Waals surface area (Å²) in [5.41, 5.74) is 7.22. The fraction of sp³-hybridized carbons (Fsp3) is 0.235. The molecule has 2 amide bonds. The Balaban J connectivity index is 1.43. The summed E-state index contributed by atoms with van der Waals surface area (Å²) >= 11 is 0. The second-order valence-electron chi connectivity index (χ2n) is 9.76. The molecule has 200 valence electrons. The number of hydrogen-bond acceptors (Lipinski definition) is 3. The highest BCUT2D eigenvalue weighted by Gasteiger charge is 2.27. The van der Waals surface area contributed by atoms with Crippen molar-refractivity contribution >= 4 is 23.1 Å². The van der Waals surface area contributed by atoms with Gasteiger partial charge in [-0.25, -0.2) is 5.48 Å². The molecule has 0 aromatic heterocycles. The van der Waals surface area contributed by atoms with Gasteiger partial charge in [0.25, 0.3) is 0 Å². The van der Waals surface area contributed by atoms with Crippen LogP contribution in [-0.4, -0.2) is 17.0 Å². The summed E-state index contributed by atoms with van der Waals surface area (Å²) < 4.78 is 0. The van der Waals surface area contributed by atoms with E-state index in [0.717, 1.165) is 43.4 Å². The largest absolute Gasteiger partial charge is 0.326 e. The lowest BCUT2D eigenvalue weighted by Crippen LogP contribution is -2.17. The zero-order valence-corrected chi connectivity index (χ0v) is 22.2. The Kier molecular flexibility index (Phi) is 11.6. The monoisotopic (exact) mass is 520 g/mol. The van der Waals surface area contributed by atoms with Gasteiger partial charge in [-0.3, -0.25) is 14.8 Å². The maximum atomic E-state index is 12.5. The Hall–Kier alpha value is -2.92. The van der Waals surface area contributed by atoms with Crippen LogP contribution in [0.15, 0.2) is 60.2 Å². The molecule has 2 aliphatic rings. The van der Waals surface area contributed by atoms with Crippen molar-refractivity contribution in [3.63, 3.8) is 0 Å². The first-order valence-electron chi connectivity index (χ1n) is 13.7. The normalized spacial score (nSPS) is 16.7. The zero-order valence-electron chi connectivity index (χ0n) is 22.2. The van der Waals surface area contributed by atoms with Crippen LogP contribution in [0.4, 0.5) is 5.69 Å². The van der Waals surface area contributed by atoms with Gasteiger partial charge in [0.05, 0.1) is 0 Å². The molecule has 2 aromatic carbocycles. The van der Waals surface area contributed by atoms with E-state index < -0.39 is 0 Å². The summed E-state index contributed by atoms with van der Waals surface area (Å²) in [5.74, 6) is 2.18. The number of benzene rings is 2. The van der Waals surface area contributed by atoms with Gasteiger partial charge < -0.3 is 5.32 Å². The number of nitrogens with one attached hydrogen (secondary N) is 2. The molecule has 4 rings (SSSR count).